The second-order valence-corrected chi connectivity index (χ2v) is 21.7. The van der Waals surface area contributed by atoms with Crippen LogP contribution in [0.2, 0.25) is 15.1 Å². The first kappa shape index (κ1) is 64.3. The summed E-state index contributed by atoms with van der Waals surface area (Å²) in [4.78, 5) is 83.7. The number of ether oxygens (including phenoxy) is 2. The summed E-state index contributed by atoms with van der Waals surface area (Å²) in [6.45, 7) is 4.24. The molecule has 442 valence electrons. The lowest BCUT2D eigenvalue weighted by Crippen LogP contribution is -2.53. The van der Waals surface area contributed by atoms with E-state index in [1.165, 1.54) is 23.9 Å². The minimum Gasteiger partial charge on any atom is -0.480 e. The second-order valence-electron chi connectivity index (χ2n) is 19.4. The van der Waals surface area contributed by atoms with Crippen LogP contribution in [0.15, 0.2) is 106 Å². The third-order valence-electron chi connectivity index (χ3n) is 14.1. The predicted octanol–water partition coefficient (Wildman–Crippen LogP) is 9.59. The fraction of sp³-hybridized carbons (Fsp3) is 0.276. The Morgan fingerprint density at radius 3 is 1.69 bits per heavy atom. The van der Waals surface area contributed by atoms with Crippen LogP contribution in [0, 0.1) is 36.0 Å². The molecule has 1 saturated heterocycles. The van der Waals surface area contributed by atoms with E-state index in [9.17, 15) is 47.0 Å². The first-order valence-corrected chi connectivity index (χ1v) is 27.5. The predicted molar refractivity (Wildman–Crippen MR) is 319 cm³/mol. The number of hydrogen-bond acceptors (Lipinski definition) is 12. The molecule has 17 nitrogen and oxygen atoms in total. The summed E-state index contributed by atoms with van der Waals surface area (Å²) in [7, 11) is 6.33. The van der Waals surface area contributed by atoms with Gasteiger partial charge in [-0.2, -0.15) is 13.2 Å². The van der Waals surface area contributed by atoms with Gasteiger partial charge in [0, 0.05) is 91.2 Å². The third kappa shape index (κ3) is 13.8. The van der Waals surface area contributed by atoms with Crippen molar-refractivity contribution < 1.29 is 50.9 Å². The van der Waals surface area contributed by atoms with Crippen LogP contribution in [0.5, 0.6) is 0 Å². The van der Waals surface area contributed by atoms with Crippen molar-refractivity contribution in [3.8, 4) is 22.3 Å². The summed E-state index contributed by atoms with van der Waals surface area (Å²) in [5, 5.41) is 14.4. The Labute approximate surface area is 504 Å². The van der Waals surface area contributed by atoms with Crippen molar-refractivity contribution in [2.75, 3.05) is 31.8 Å². The minimum atomic E-state index is -4.75. The number of pyridine rings is 5. The Morgan fingerprint density at radius 2 is 1.23 bits per heavy atom. The van der Waals surface area contributed by atoms with E-state index in [1.807, 2.05) is 48.6 Å². The number of halogens is 9. The highest BCUT2D eigenvalue weighted by atomic mass is 127. The van der Waals surface area contributed by atoms with Crippen LogP contribution in [0.25, 0.3) is 44.1 Å². The lowest BCUT2D eigenvalue weighted by atomic mass is 9.95. The van der Waals surface area contributed by atoms with E-state index in [0.717, 1.165) is 27.2 Å². The third-order valence-corrected chi connectivity index (χ3v) is 16.4. The fourth-order valence-corrected chi connectivity index (χ4v) is 10.7. The van der Waals surface area contributed by atoms with Gasteiger partial charge in [0.1, 0.15) is 35.3 Å². The second kappa shape index (κ2) is 26.7. The van der Waals surface area contributed by atoms with E-state index < -0.39 is 71.6 Å². The van der Waals surface area contributed by atoms with Gasteiger partial charge in [-0.15, -0.1) is 0 Å². The molecule has 0 aliphatic carbocycles. The van der Waals surface area contributed by atoms with Crippen LogP contribution in [-0.4, -0.2) is 97.8 Å². The Balaban J connectivity index is 0.000000222. The lowest BCUT2D eigenvalue weighted by molar-refractivity contribution is -0.167. The van der Waals surface area contributed by atoms with Crippen molar-refractivity contribution in [2.24, 2.45) is 26.9 Å². The van der Waals surface area contributed by atoms with Crippen molar-refractivity contribution in [3.63, 3.8) is 0 Å². The fourth-order valence-electron chi connectivity index (χ4n) is 9.28. The molecule has 9 rings (SSSR count). The first-order valence-electron chi connectivity index (χ1n) is 25.3. The van der Waals surface area contributed by atoms with E-state index in [-0.39, 0.29) is 46.8 Å². The van der Waals surface area contributed by atoms with Crippen LogP contribution < -0.4 is 32.6 Å². The maximum Gasteiger partial charge on any atom is 0.411 e. The van der Waals surface area contributed by atoms with Gasteiger partial charge in [0.2, 0.25) is 0 Å². The number of alkyl halides is 3. The number of rotatable bonds is 11. The molecule has 0 unspecified atom stereocenters. The molecule has 6 heterocycles. The number of carbonyl (C=O) groups excluding carboxylic acids is 2. The molecule has 5 aromatic heterocycles. The number of esters is 1. The van der Waals surface area contributed by atoms with Crippen LogP contribution in [0.3, 0.4) is 0 Å². The number of nitrogens with one attached hydrogen (secondary N) is 1. The number of morpholine rings is 1. The van der Waals surface area contributed by atoms with Crippen LogP contribution in [-0.2, 0) is 53.0 Å². The highest BCUT2D eigenvalue weighted by Gasteiger charge is 2.46. The molecule has 0 bridgehead atoms. The number of aliphatic carboxylic acids is 1. The maximum absolute atomic E-state index is 15.1. The van der Waals surface area contributed by atoms with E-state index >= 15 is 8.78 Å². The molecule has 4 N–H and O–H groups in total. The monoisotopic (exact) mass is 1330 g/mol. The molecule has 0 saturated carbocycles. The summed E-state index contributed by atoms with van der Waals surface area (Å²) in [6.07, 6.45) is -1.68. The molecule has 0 radical (unpaired) electrons. The first-order chi connectivity index (χ1) is 39.6. The number of benzene rings is 3. The van der Waals surface area contributed by atoms with Crippen molar-refractivity contribution in [1.82, 2.24) is 29.0 Å². The molecular weight excluding hydrogens is 1280 g/mol. The highest BCUT2D eigenvalue weighted by molar-refractivity contribution is 14.1. The standard InChI is InChI=1S/C31H26ClF5N4O5.C20H20ClN3O3.C7H7ClINO/c1-15-10-20(32)25(29(43)40(15)2)19-6-5-16(18-4-3-7-38-27(18)19)11-23(30(44)45)39-28(42)26-21(33)12-17(13-22(26)34)41-8-9-46-14-24(41)31(35,36)37;1-11-9-15(21)17(19(25)24(11)2)14-7-6-12(10-16(22)20(26)27-3)13-5-4-8-23-18(13)14;1-4-3-5(8)6(9)7(11)10(4)2/h3-7,10,12-13,23-24H,8-9,11,14H2,1-2H3,(H,39,42)(H,44,45);4-9,16H,10,22H2,1-3H3;3H,1-2H3/t23-,24+;16-;/m00./s1. The molecule has 3 aromatic carbocycles. The lowest BCUT2D eigenvalue weighted by Gasteiger charge is -2.38. The Hall–Kier alpha value is -7.29. The van der Waals surface area contributed by atoms with Gasteiger partial charge in [-0.1, -0.05) is 71.2 Å². The van der Waals surface area contributed by atoms with E-state index in [4.69, 9.17) is 50.0 Å². The smallest absolute Gasteiger partial charge is 0.411 e. The maximum atomic E-state index is 15.1. The van der Waals surface area contributed by atoms with Crippen molar-refractivity contribution in [2.45, 2.75) is 57.9 Å². The quantitative estimate of drug-likeness (QED) is 0.0624. The molecule has 84 heavy (non-hydrogen) atoms. The van der Waals surface area contributed by atoms with Crippen molar-refractivity contribution in [1.29, 1.82) is 0 Å². The number of carboxylic acids is 1. The van der Waals surface area contributed by atoms with Gasteiger partial charge in [0.25, 0.3) is 22.6 Å². The number of carboxylic acid groups (broad SMARTS) is 1. The molecule has 3 atom stereocenters. The number of aryl methyl sites for hydroxylation is 3. The highest BCUT2D eigenvalue weighted by Crippen LogP contribution is 2.36. The Bertz CT molecular complexity index is 4040. The Kier molecular flexibility index (Phi) is 20.5. The minimum absolute atomic E-state index is 0.0319. The molecule has 0 spiro atoms. The molecule has 1 fully saturated rings. The van der Waals surface area contributed by atoms with Gasteiger partial charge in [0.15, 0.2) is 0 Å². The largest absolute Gasteiger partial charge is 0.480 e. The number of fused-ring (bicyclic) bond motifs is 2. The number of aromatic nitrogens is 5. The number of carbonyl (C=O) groups is 3. The van der Waals surface area contributed by atoms with Gasteiger partial charge in [-0.3, -0.25) is 33.9 Å². The van der Waals surface area contributed by atoms with E-state index in [0.29, 0.717) is 76.5 Å². The summed E-state index contributed by atoms with van der Waals surface area (Å²) in [6, 6.07) is 15.4. The number of nitrogens with two attached hydrogens (primary N) is 1. The number of methoxy groups -OCH3 is 1. The van der Waals surface area contributed by atoms with Gasteiger partial charge < -0.3 is 44.2 Å². The zero-order chi connectivity index (χ0) is 61.8. The van der Waals surface area contributed by atoms with E-state index in [1.54, 1.807) is 91.9 Å². The van der Waals surface area contributed by atoms with Crippen LogP contribution in [0.1, 0.15) is 38.6 Å². The average Bonchev–Trinajstić information content (AvgIpc) is 1.82. The number of anilines is 1. The van der Waals surface area contributed by atoms with Crippen LogP contribution >= 0.6 is 57.4 Å². The van der Waals surface area contributed by atoms with Crippen LogP contribution in [0.4, 0.5) is 27.6 Å². The van der Waals surface area contributed by atoms with E-state index in [2.05, 4.69) is 15.3 Å². The Morgan fingerprint density at radius 1 is 0.762 bits per heavy atom. The molecule has 8 aromatic rings. The summed E-state index contributed by atoms with van der Waals surface area (Å²) >= 11 is 20.6. The van der Waals surface area contributed by atoms with Gasteiger partial charge in [-0.25, -0.2) is 13.6 Å². The zero-order valence-electron chi connectivity index (χ0n) is 45.8. The SMILES string of the molecule is COC(=O)[C@@H](N)Cc1ccc(-c2c(Cl)cc(C)n(C)c2=O)c2ncccc12.Cc1cc(Cl)c(-c2ccc(C[C@H](NC(=O)c3c(F)cc(N4CCOC[C@@H]4C(F)(F)F)cc3F)C(=O)O)c3cccnc23)c(=O)n1C.Cc1cc(Cl)c(I)c(=O)n1C. The topological polar surface area (TPSA) is 223 Å². The normalized spacial score (nSPS) is 14.0. The van der Waals surface area contributed by atoms with Gasteiger partial charge >= 0.3 is 18.1 Å². The average molecular weight is 1330 g/mol. The number of amides is 1. The molecular formula is C58H53Cl3F5IN8O9. The summed E-state index contributed by atoms with van der Waals surface area (Å²) in [5.41, 5.74) is 9.78. The number of hydrogen-bond donors (Lipinski definition) is 3. The van der Waals surface area contributed by atoms with Crippen molar-refractivity contribution in [3.05, 3.63) is 186 Å². The molecule has 1 aliphatic rings. The zero-order valence-corrected chi connectivity index (χ0v) is 50.2. The van der Waals surface area contributed by atoms with Crippen molar-refractivity contribution >= 4 is 103 Å². The van der Waals surface area contributed by atoms with Gasteiger partial charge in [0.05, 0.1) is 61.1 Å². The molecule has 1 amide bonds. The van der Waals surface area contributed by atoms with Gasteiger partial charge in [-0.05, 0) is 103 Å². The molecule has 26 heteroatoms. The summed E-state index contributed by atoms with van der Waals surface area (Å²) in [5.74, 6) is -6.37. The summed E-state index contributed by atoms with van der Waals surface area (Å²) < 4.78 is 85.5. The number of nitrogens with zero attached hydrogens (tertiary/aromatic N) is 6. The molecule has 1 aliphatic heterocycles.